The van der Waals surface area contributed by atoms with E-state index < -0.39 is 0 Å². The fourth-order valence-electron chi connectivity index (χ4n) is 15.2. The lowest BCUT2D eigenvalue weighted by Gasteiger charge is -2.25. The second-order valence-corrected chi connectivity index (χ2v) is 26.5. The van der Waals surface area contributed by atoms with Crippen LogP contribution in [0.5, 0.6) is 11.5 Å². The molecule has 11 rings (SSSR count). The van der Waals surface area contributed by atoms with Crippen LogP contribution in [0.1, 0.15) is 186 Å². The number of pyridine rings is 2. The third-order valence-corrected chi connectivity index (χ3v) is 20.6. The van der Waals surface area contributed by atoms with E-state index in [1.807, 2.05) is 31.6 Å². The molecule has 466 valence electrons. The molecule has 0 saturated carbocycles. The highest BCUT2D eigenvalue weighted by atomic mass is 16.5. The Balaban J connectivity index is 1.17. The van der Waals surface area contributed by atoms with Gasteiger partial charge < -0.3 is 9.47 Å². The monoisotopic (exact) mass is 1190 g/mol. The van der Waals surface area contributed by atoms with E-state index in [1.54, 1.807) is 0 Å². The van der Waals surface area contributed by atoms with Gasteiger partial charge in [0.1, 0.15) is 18.1 Å². The van der Waals surface area contributed by atoms with Crippen LogP contribution in [0.2, 0.25) is 0 Å². The van der Waals surface area contributed by atoms with Crippen molar-refractivity contribution < 1.29 is 9.47 Å². The minimum Gasteiger partial charge on any atom is -0.495 e. The Labute approximate surface area is 539 Å². The van der Waals surface area contributed by atoms with Crippen LogP contribution in [-0.2, 0) is 32.3 Å². The van der Waals surface area contributed by atoms with Gasteiger partial charge in [-0.1, -0.05) is 255 Å². The molecule has 4 atom stereocenters. The summed E-state index contributed by atoms with van der Waals surface area (Å²) in [6, 6.07) is 58.1. The molecule has 0 saturated heterocycles. The minimum absolute atomic E-state index is 0.368. The van der Waals surface area contributed by atoms with E-state index in [-0.39, 0.29) is 0 Å². The van der Waals surface area contributed by atoms with Crippen molar-refractivity contribution in [2.75, 3.05) is 7.11 Å². The molecule has 4 heteroatoms. The Morgan fingerprint density at radius 1 is 0.367 bits per heavy atom. The molecule has 0 fully saturated rings. The van der Waals surface area contributed by atoms with Crippen LogP contribution in [0.15, 0.2) is 164 Å². The average molecular weight is 1190 g/mol. The Hall–Kier alpha value is -7.56. The number of hydrogen-bond acceptors (Lipinski definition) is 4. The number of aromatic nitrogens is 2. The summed E-state index contributed by atoms with van der Waals surface area (Å²) in [6.07, 6.45) is 27.6. The quantitative estimate of drug-likeness (QED) is 0.0321. The van der Waals surface area contributed by atoms with E-state index in [0.29, 0.717) is 30.3 Å². The molecule has 0 radical (unpaired) electrons. The molecule has 0 aliphatic carbocycles. The van der Waals surface area contributed by atoms with Gasteiger partial charge >= 0.3 is 0 Å². The third-order valence-electron chi connectivity index (χ3n) is 20.6. The first-order valence-corrected chi connectivity index (χ1v) is 35.2. The molecule has 11 aromatic rings. The van der Waals surface area contributed by atoms with Gasteiger partial charge in [-0.25, -0.2) is 0 Å². The zero-order valence-electron chi connectivity index (χ0n) is 56.0. The number of ether oxygens (including phenoxy) is 2. The summed E-state index contributed by atoms with van der Waals surface area (Å²) in [6.45, 7) is 19.3. The van der Waals surface area contributed by atoms with Crippen LogP contribution in [0.25, 0.3) is 98.3 Å². The molecule has 2 heterocycles. The van der Waals surface area contributed by atoms with Crippen molar-refractivity contribution in [2.24, 2.45) is 23.7 Å². The number of nitrogens with zero attached hydrogens (tertiary/aromatic N) is 2. The summed E-state index contributed by atoms with van der Waals surface area (Å²) in [7, 11) is 1.93. The molecule has 2 aromatic heterocycles. The lowest BCUT2D eigenvalue weighted by molar-refractivity contribution is 0.306. The maximum atomic E-state index is 7.19. The summed E-state index contributed by atoms with van der Waals surface area (Å²) in [5.41, 5.74) is 15.7. The second-order valence-electron chi connectivity index (χ2n) is 26.5. The van der Waals surface area contributed by atoms with Crippen LogP contribution in [0.3, 0.4) is 0 Å². The highest BCUT2D eigenvalue weighted by molar-refractivity contribution is 6.19. The summed E-state index contributed by atoms with van der Waals surface area (Å²) >= 11 is 0. The predicted molar refractivity (Wildman–Crippen MR) is 389 cm³/mol. The molecule has 0 N–H and O–H groups in total. The SMILES string of the molecule is CCCCC(CC)Cc1cccc2c(-c3cc(COc4ccc(-c5cc6cccnc6c6ncccc56)cc4)cc(-c4c5cccc(CC(CC)CCCC)c5cc5c(CC(CC)CCCC)cccc45)c3OC)c3cccc(CC(CC)CCCC)c3cc12. The van der Waals surface area contributed by atoms with Crippen molar-refractivity contribution in [3.05, 3.63) is 192 Å². The maximum absolute atomic E-state index is 7.19. The Kier molecular flexibility index (Phi) is 21.7. The zero-order valence-corrected chi connectivity index (χ0v) is 56.0. The van der Waals surface area contributed by atoms with E-state index >= 15 is 0 Å². The van der Waals surface area contributed by atoms with E-state index in [1.165, 1.54) is 179 Å². The van der Waals surface area contributed by atoms with Gasteiger partial charge in [-0.15, -0.1) is 0 Å². The third kappa shape index (κ3) is 13.9. The van der Waals surface area contributed by atoms with E-state index in [0.717, 1.165) is 86.8 Å². The van der Waals surface area contributed by atoms with Gasteiger partial charge in [-0.2, -0.15) is 0 Å². The molecular formula is C86H100N2O2. The molecule has 0 aliphatic rings. The van der Waals surface area contributed by atoms with Crippen LogP contribution >= 0.6 is 0 Å². The Bertz CT molecular complexity index is 3880. The van der Waals surface area contributed by atoms with Crippen LogP contribution < -0.4 is 9.47 Å². The van der Waals surface area contributed by atoms with Gasteiger partial charge in [-0.05, 0) is 186 Å². The number of benzene rings is 9. The Morgan fingerprint density at radius 3 is 1.14 bits per heavy atom. The van der Waals surface area contributed by atoms with Crippen molar-refractivity contribution in [2.45, 2.75) is 190 Å². The van der Waals surface area contributed by atoms with Gasteiger partial charge in [0.2, 0.25) is 0 Å². The topological polar surface area (TPSA) is 44.2 Å². The largest absolute Gasteiger partial charge is 0.495 e. The molecule has 4 nitrogen and oxygen atoms in total. The highest BCUT2D eigenvalue weighted by Crippen LogP contribution is 2.51. The number of hydrogen-bond donors (Lipinski definition) is 0. The minimum atomic E-state index is 0.368. The molecule has 0 spiro atoms. The van der Waals surface area contributed by atoms with Crippen molar-refractivity contribution in [1.29, 1.82) is 0 Å². The highest BCUT2D eigenvalue weighted by Gasteiger charge is 2.26. The van der Waals surface area contributed by atoms with Gasteiger partial charge in [0.25, 0.3) is 0 Å². The lowest BCUT2D eigenvalue weighted by atomic mass is 9.81. The molecule has 0 bridgehead atoms. The first kappa shape index (κ1) is 64.0. The molecule has 4 unspecified atom stereocenters. The zero-order chi connectivity index (χ0) is 62.5. The first-order valence-electron chi connectivity index (χ1n) is 35.2. The summed E-state index contributed by atoms with van der Waals surface area (Å²) in [5, 5.41) is 12.8. The van der Waals surface area contributed by atoms with Crippen LogP contribution in [0, 0.1) is 23.7 Å². The number of fused-ring (bicyclic) bond motifs is 7. The van der Waals surface area contributed by atoms with E-state index in [4.69, 9.17) is 19.4 Å². The normalized spacial score (nSPS) is 13.3. The second kappa shape index (κ2) is 30.5. The number of unbranched alkanes of at least 4 members (excludes halogenated alkanes) is 4. The molecule has 0 aliphatic heterocycles. The predicted octanol–water partition coefficient (Wildman–Crippen LogP) is 25.0. The lowest BCUT2D eigenvalue weighted by Crippen LogP contribution is -2.06. The average Bonchev–Trinajstić information content (AvgIpc) is 0.742. The standard InChI is InChI=1S/C86H100N2O2/c1-10-18-28-58(14-5)48-64-32-22-37-70-76(64)55-77-65(49-59(15-6)29-19-11-2)33-23-38-71(77)82(70)80-52-62(57-90-69-44-42-63(43-45-69)75-54-68-36-26-46-87-84(68)85-74(75)41-27-47-88-85)53-81(86(80)89-9)83-72-39-24-34-66(50-60(16-7)30-20-12-3)78(72)56-79-67(35-25-40-73(79)83)51-61(17-8)31-21-13-4/h22-27,32-47,52-56,58-61H,10-21,28-31,48-51,57H2,1-9H3. The number of rotatable bonds is 31. The van der Waals surface area contributed by atoms with Gasteiger partial charge in [-0.3, -0.25) is 9.97 Å². The van der Waals surface area contributed by atoms with Gasteiger partial charge in [0.15, 0.2) is 0 Å². The molecule has 9 aromatic carbocycles. The summed E-state index contributed by atoms with van der Waals surface area (Å²) in [5.74, 6) is 4.21. The van der Waals surface area contributed by atoms with Gasteiger partial charge in [0, 0.05) is 45.4 Å². The van der Waals surface area contributed by atoms with Crippen molar-refractivity contribution in [3.63, 3.8) is 0 Å². The van der Waals surface area contributed by atoms with Gasteiger partial charge in [0.05, 0.1) is 18.1 Å². The maximum Gasteiger partial charge on any atom is 0.134 e. The fraction of sp³-hybridized carbons (Fsp3) is 0.395. The van der Waals surface area contributed by atoms with E-state index in [9.17, 15) is 0 Å². The van der Waals surface area contributed by atoms with Crippen molar-refractivity contribution in [3.8, 4) is 44.9 Å². The molecule has 0 amide bonds. The van der Waals surface area contributed by atoms with Crippen LogP contribution in [0.4, 0.5) is 0 Å². The van der Waals surface area contributed by atoms with Crippen LogP contribution in [-0.4, -0.2) is 17.1 Å². The Morgan fingerprint density at radius 2 is 0.756 bits per heavy atom. The fourth-order valence-corrected chi connectivity index (χ4v) is 15.2. The first-order chi connectivity index (χ1) is 44.2. The summed E-state index contributed by atoms with van der Waals surface area (Å²) in [4.78, 5) is 9.58. The molecule has 90 heavy (non-hydrogen) atoms. The summed E-state index contributed by atoms with van der Waals surface area (Å²) < 4.78 is 14.3. The van der Waals surface area contributed by atoms with Crippen molar-refractivity contribution >= 4 is 64.9 Å². The smallest absolute Gasteiger partial charge is 0.134 e. The number of methoxy groups -OCH3 is 1. The van der Waals surface area contributed by atoms with Crippen molar-refractivity contribution in [1.82, 2.24) is 9.97 Å². The molecular weight excluding hydrogens is 1090 g/mol. The van der Waals surface area contributed by atoms with E-state index in [2.05, 4.69) is 195 Å².